The van der Waals surface area contributed by atoms with Gasteiger partial charge in [-0.1, -0.05) is 19.1 Å². The largest absolute Gasteiger partial charge is 0.573 e. The van der Waals surface area contributed by atoms with Crippen molar-refractivity contribution in [1.82, 2.24) is 15.2 Å². The second kappa shape index (κ2) is 9.21. The number of halogens is 3. The summed E-state index contributed by atoms with van der Waals surface area (Å²) in [6.45, 7) is 2.83. The Labute approximate surface area is 177 Å². The molecule has 2 aromatic rings. The summed E-state index contributed by atoms with van der Waals surface area (Å²) in [5.74, 6) is -0.390. The third kappa shape index (κ3) is 5.85. The van der Waals surface area contributed by atoms with Crippen LogP contribution >= 0.6 is 0 Å². The summed E-state index contributed by atoms with van der Waals surface area (Å²) >= 11 is 0. The molecule has 0 bridgehead atoms. The summed E-state index contributed by atoms with van der Waals surface area (Å²) in [5, 5.41) is 5.52. The van der Waals surface area contributed by atoms with E-state index in [1.54, 1.807) is 12.1 Å². The quantitative estimate of drug-likeness (QED) is 0.725. The Hall–Kier alpha value is -3.34. The lowest BCUT2D eigenvalue weighted by Gasteiger charge is -2.31. The average Bonchev–Trinajstić information content (AvgIpc) is 2.71. The predicted octanol–water partition coefficient (Wildman–Crippen LogP) is 3.14. The van der Waals surface area contributed by atoms with Gasteiger partial charge in [-0.2, -0.15) is 0 Å². The standard InChI is InChI=1S/C20H22F3N5O3/c1-3-27(2)11-16(13-6-8-14(9-7-13)31-20(21,22)23)26-19(30)28-12-17(29)25-15-5-4-10-24-18(15)28/h4-10,16H,3,11-12H2,1-2H3,(H,25,29)(H,26,30). The monoisotopic (exact) mass is 437 g/mol. The van der Waals surface area contributed by atoms with Crippen molar-refractivity contribution in [2.45, 2.75) is 19.3 Å². The Morgan fingerprint density at radius 3 is 2.68 bits per heavy atom. The van der Waals surface area contributed by atoms with Gasteiger partial charge in [-0.05, 0) is 43.4 Å². The number of anilines is 2. The molecule has 3 amide bonds. The highest BCUT2D eigenvalue weighted by Gasteiger charge is 2.32. The predicted molar refractivity (Wildman–Crippen MR) is 108 cm³/mol. The Kier molecular flexibility index (Phi) is 6.64. The van der Waals surface area contributed by atoms with Crippen LogP contribution in [0, 0.1) is 0 Å². The number of amides is 3. The number of carbonyl (C=O) groups excluding carboxylic acids is 2. The van der Waals surface area contributed by atoms with Gasteiger partial charge >= 0.3 is 12.4 Å². The number of ether oxygens (including phenoxy) is 1. The molecule has 2 heterocycles. The molecule has 0 saturated heterocycles. The van der Waals surface area contributed by atoms with Crippen molar-refractivity contribution in [3.8, 4) is 5.75 Å². The third-order valence-electron chi connectivity index (χ3n) is 4.71. The first-order valence-electron chi connectivity index (χ1n) is 9.53. The normalized spacial score (nSPS) is 14.6. The van der Waals surface area contributed by atoms with E-state index in [1.165, 1.54) is 35.4 Å². The summed E-state index contributed by atoms with van der Waals surface area (Å²) in [6.07, 6.45) is -3.27. The van der Waals surface area contributed by atoms with Gasteiger partial charge in [0.25, 0.3) is 0 Å². The molecule has 1 aromatic carbocycles. The Bertz CT molecular complexity index is 936. The molecule has 31 heavy (non-hydrogen) atoms. The molecule has 166 valence electrons. The van der Waals surface area contributed by atoms with Gasteiger partial charge in [0, 0.05) is 12.7 Å². The van der Waals surface area contributed by atoms with Crippen molar-refractivity contribution in [2.75, 3.05) is 36.9 Å². The number of nitrogens with one attached hydrogen (secondary N) is 2. The summed E-state index contributed by atoms with van der Waals surface area (Å²) < 4.78 is 41.2. The van der Waals surface area contributed by atoms with Gasteiger partial charge in [0.05, 0.1) is 11.7 Å². The minimum atomic E-state index is -4.78. The second-order valence-electron chi connectivity index (χ2n) is 6.98. The van der Waals surface area contributed by atoms with Crippen LogP contribution < -0.4 is 20.3 Å². The van der Waals surface area contributed by atoms with Crippen LogP contribution in [0.5, 0.6) is 5.75 Å². The smallest absolute Gasteiger partial charge is 0.406 e. The fraction of sp³-hybridized carbons (Fsp3) is 0.350. The minimum absolute atomic E-state index is 0.204. The zero-order valence-electron chi connectivity index (χ0n) is 16.9. The van der Waals surface area contributed by atoms with Gasteiger partial charge in [-0.25, -0.2) is 9.78 Å². The van der Waals surface area contributed by atoms with Crippen molar-refractivity contribution in [1.29, 1.82) is 0 Å². The number of benzene rings is 1. The Balaban J connectivity index is 1.81. The van der Waals surface area contributed by atoms with E-state index in [2.05, 4.69) is 20.4 Å². The highest BCUT2D eigenvalue weighted by atomic mass is 19.4. The van der Waals surface area contributed by atoms with E-state index in [1.807, 2.05) is 18.9 Å². The number of alkyl halides is 3. The Morgan fingerprint density at radius 1 is 1.32 bits per heavy atom. The van der Waals surface area contributed by atoms with Crippen LogP contribution in [0.4, 0.5) is 29.5 Å². The van der Waals surface area contributed by atoms with Crippen molar-refractivity contribution >= 4 is 23.4 Å². The number of hydrogen-bond donors (Lipinski definition) is 2. The summed E-state index contributed by atoms with van der Waals surface area (Å²) in [5.41, 5.74) is 1.01. The number of urea groups is 1. The van der Waals surface area contributed by atoms with E-state index in [0.717, 1.165) is 0 Å². The van der Waals surface area contributed by atoms with Crippen molar-refractivity contribution in [2.24, 2.45) is 0 Å². The number of pyridine rings is 1. The van der Waals surface area contributed by atoms with Crippen LogP contribution in [0.3, 0.4) is 0 Å². The molecule has 1 aliphatic heterocycles. The fourth-order valence-corrected chi connectivity index (χ4v) is 3.09. The molecule has 0 spiro atoms. The molecule has 0 radical (unpaired) electrons. The van der Waals surface area contributed by atoms with Crippen molar-refractivity contribution in [3.05, 3.63) is 48.2 Å². The number of hydrogen-bond acceptors (Lipinski definition) is 5. The number of nitrogens with zero attached hydrogens (tertiary/aromatic N) is 3. The Morgan fingerprint density at radius 2 is 2.03 bits per heavy atom. The van der Waals surface area contributed by atoms with Crippen LogP contribution in [0.1, 0.15) is 18.5 Å². The molecular formula is C20H22F3N5O3. The average molecular weight is 437 g/mol. The zero-order chi connectivity index (χ0) is 22.6. The molecular weight excluding hydrogens is 415 g/mol. The molecule has 1 unspecified atom stereocenters. The van der Waals surface area contributed by atoms with Gasteiger partial charge in [-0.15, -0.1) is 13.2 Å². The first-order chi connectivity index (χ1) is 14.7. The summed E-state index contributed by atoms with van der Waals surface area (Å²) in [7, 11) is 1.85. The SMILES string of the molecule is CCN(C)CC(NC(=O)N1CC(=O)Nc2cccnc21)c1ccc(OC(F)(F)F)cc1. The lowest BCUT2D eigenvalue weighted by atomic mass is 10.1. The molecule has 0 saturated carbocycles. The van der Waals surface area contributed by atoms with Crippen LogP contribution in [-0.4, -0.2) is 54.9 Å². The maximum Gasteiger partial charge on any atom is 0.573 e. The maximum absolute atomic E-state index is 13.0. The van der Waals surface area contributed by atoms with Crippen molar-refractivity contribution < 1.29 is 27.5 Å². The molecule has 8 nitrogen and oxygen atoms in total. The van der Waals surface area contributed by atoms with Crippen LogP contribution in [-0.2, 0) is 4.79 Å². The molecule has 0 aliphatic carbocycles. The van der Waals surface area contributed by atoms with E-state index in [-0.39, 0.29) is 18.2 Å². The van der Waals surface area contributed by atoms with Gasteiger partial charge in [-0.3, -0.25) is 9.69 Å². The summed E-state index contributed by atoms with van der Waals surface area (Å²) in [4.78, 5) is 32.4. The molecule has 2 N–H and O–H groups in total. The van der Waals surface area contributed by atoms with E-state index in [0.29, 0.717) is 30.2 Å². The number of likely N-dealkylation sites (N-methyl/N-ethyl adjacent to an activating group) is 1. The van der Waals surface area contributed by atoms with Gasteiger partial charge in [0.1, 0.15) is 12.3 Å². The number of aromatic nitrogens is 1. The van der Waals surface area contributed by atoms with Crippen molar-refractivity contribution in [3.63, 3.8) is 0 Å². The molecule has 1 aliphatic rings. The molecule has 3 rings (SSSR count). The molecule has 1 aromatic heterocycles. The van der Waals surface area contributed by atoms with Gasteiger partial charge < -0.3 is 20.3 Å². The zero-order valence-corrected chi connectivity index (χ0v) is 16.9. The van der Waals surface area contributed by atoms with E-state index < -0.39 is 18.4 Å². The van der Waals surface area contributed by atoms with Gasteiger partial charge in [0.15, 0.2) is 5.82 Å². The van der Waals surface area contributed by atoms with E-state index in [4.69, 9.17) is 0 Å². The van der Waals surface area contributed by atoms with E-state index in [9.17, 15) is 22.8 Å². The minimum Gasteiger partial charge on any atom is -0.406 e. The maximum atomic E-state index is 13.0. The first-order valence-corrected chi connectivity index (χ1v) is 9.53. The van der Waals surface area contributed by atoms with Gasteiger partial charge in [0.2, 0.25) is 5.91 Å². The highest BCUT2D eigenvalue weighted by molar-refractivity contribution is 6.08. The van der Waals surface area contributed by atoms with E-state index >= 15 is 0 Å². The van der Waals surface area contributed by atoms with Crippen LogP contribution in [0.2, 0.25) is 0 Å². The lowest BCUT2D eigenvalue weighted by molar-refractivity contribution is -0.274. The highest BCUT2D eigenvalue weighted by Crippen LogP contribution is 2.28. The molecule has 1 atom stereocenters. The summed E-state index contributed by atoms with van der Waals surface area (Å²) in [6, 6.07) is 7.51. The molecule has 0 fully saturated rings. The lowest BCUT2D eigenvalue weighted by Crippen LogP contribution is -2.49. The number of fused-ring (bicyclic) bond motifs is 1. The first kappa shape index (κ1) is 22.3. The molecule has 11 heteroatoms. The second-order valence-corrected chi connectivity index (χ2v) is 6.98. The number of carbonyl (C=O) groups is 2. The van der Waals surface area contributed by atoms with Crippen LogP contribution in [0.25, 0.3) is 0 Å². The number of rotatable bonds is 6. The fourth-order valence-electron chi connectivity index (χ4n) is 3.09. The topological polar surface area (TPSA) is 86.8 Å². The van der Waals surface area contributed by atoms with Crippen LogP contribution in [0.15, 0.2) is 42.6 Å². The third-order valence-corrected chi connectivity index (χ3v) is 4.71.